The summed E-state index contributed by atoms with van der Waals surface area (Å²) < 4.78 is 11.1. The molecular formula is C21H22N2O2. The average Bonchev–Trinajstić information content (AvgIpc) is 2.67. The molecule has 0 saturated heterocycles. The van der Waals surface area contributed by atoms with E-state index < -0.39 is 0 Å². The summed E-state index contributed by atoms with van der Waals surface area (Å²) in [6.45, 7) is 1.60. The molecule has 2 N–H and O–H groups in total. The van der Waals surface area contributed by atoms with E-state index in [4.69, 9.17) is 9.47 Å². The number of anilines is 2. The van der Waals surface area contributed by atoms with Gasteiger partial charge in [-0.1, -0.05) is 30.3 Å². The van der Waals surface area contributed by atoms with Crippen molar-refractivity contribution in [3.8, 4) is 17.2 Å². The van der Waals surface area contributed by atoms with Gasteiger partial charge in [-0.25, -0.2) is 0 Å². The van der Waals surface area contributed by atoms with Crippen LogP contribution in [0.2, 0.25) is 0 Å². The van der Waals surface area contributed by atoms with Gasteiger partial charge in [0.25, 0.3) is 0 Å². The Bertz CT molecular complexity index is 773. The van der Waals surface area contributed by atoms with Crippen molar-refractivity contribution in [2.45, 2.75) is 0 Å². The summed E-state index contributed by atoms with van der Waals surface area (Å²) in [7, 11) is 1.68. The summed E-state index contributed by atoms with van der Waals surface area (Å²) in [5, 5.41) is 6.75. The van der Waals surface area contributed by atoms with E-state index in [0.29, 0.717) is 0 Å². The Kier molecular flexibility index (Phi) is 5.77. The van der Waals surface area contributed by atoms with E-state index >= 15 is 0 Å². The zero-order valence-electron chi connectivity index (χ0n) is 14.2. The summed E-state index contributed by atoms with van der Waals surface area (Å²) in [6.07, 6.45) is 0. The fourth-order valence-electron chi connectivity index (χ4n) is 2.46. The number of nitrogens with one attached hydrogen (secondary N) is 2. The van der Waals surface area contributed by atoms with Gasteiger partial charge in [0.15, 0.2) is 0 Å². The maximum atomic E-state index is 5.79. The van der Waals surface area contributed by atoms with Crippen molar-refractivity contribution in [2.75, 3.05) is 30.8 Å². The lowest BCUT2D eigenvalue weighted by atomic mass is 10.3. The highest BCUT2D eigenvalue weighted by Gasteiger charge is 2.00. The topological polar surface area (TPSA) is 42.5 Å². The Morgan fingerprint density at radius 1 is 0.680 bits per heavy atom. The van der Waals surface area contributed by atoms with Gasteiger partial charge >= 0.3 is 0 Å². The molecule has 0 amide bonds. The minimum Gasteiger partial charge on any atom is -0.495 e. The molecule has 0 fully saturated rings. The molecule has 0 radical (unpaired) electrons. The number of benzene rings is 3. The largest absolute Gasteiger partial charge is 0.495 e. The minimum atomic E-state index is 0.794. The SMILES string of the molecule is COc1ccccc1NCCNc1ccc(Oc2ccccc2)cc1. The summed E-state index contributed by atoms with van der Waals surface area (Å²) in [6, 6.07) is 25.6. The summed E-state index contributed by atoms with van der Waals surface area (Å²) >= 11 is 0. The molecule has 0 spiro atoms. The predicted molar refractivity (Wildman–Crippen MR) is 103 cm³/mol. The molecule has 0 aromatic heterocycles. The summed E-state index contributed by atoms with van der Waals surface area (Å²) in [5.41, 5.74) is 2.06. The van der Waals surface area contributed by atoms with Gasteiger partial charge in [0.05, 0.1) is 12.8 Å². The number of para-hydroxylation sites is 3. The molecule has 0 saturated carbocycles. The molecule has 3 aromatic carbocycles. The lowest BCUT2D eigenvalue weighted by Gasteiger charge is -2.12. The molecule has 25 heavy (non-hydrogen) atoms. The van der Waals surface area contributed by atoms with Crippen LogP contribution in [0.5, 0.6) is 17.2 Å². The van der Waals surface area contributed by atoms with Crippen LogP contribution < -0.4 is 20.1 Å². The lowest BCUT2D eigenvalue weighted by Crippen LogP contribution is -2.13. The zero-order chi connectivity index (χ0) is 17.3. The Morgan fingerprint density at radius 3 is 2.08 bits per heavy atom. The van der Waals surface area contributed by atoms with Crippen LogP contribution in [0.1, 0.15) is 0 Å². The molecule has 3 aromatic rings. The first-order valence-corrected chi connectivity index (χ1v) is 8.29. The highest BCUT2D eigenvalue weighted by Crippen LogP contribution is 2.23. The van der Waals surface area contributed by atoms with Gasteiger partial charge in [-0.3, -0.25) is 0 Å². The third-order valence-electron chi connectivity index (χ3n) is 3.71. The highest BCUT2D eigenvalue weighted by atomic mass is 16.5. The number of hydrogen-bond donors (Lipinski definition) is 2. The van der Waals surface area contributed by atoms with E-state index in [0.717, 1.165) is 41.7 Å². The predicted octanol–water partition coefficient (Wildman–Crippen LogP) is 5.01. The second kappa shape index (κ2) is 8.64. The highest BCUT2D eigenvalue weighted by molar-refractivity contribution is 5.56. The second-order valence-corrected chi connectivity index (χ2v) is 5.49. The Morgan fingerprint density at radius 2 is 1.32 bits per heavy atom. The lowest BCUT2D eigenvalue weighted by molar-refractivity contribution is 0.416. The fraction of sp³-hybridized carbons (Fsp3) is 0.143. The second-order valence-electron chi connectivity index (χ2n) is 5.49. The van der Waals surface area contributed by atoms with Crippen molar-refractivity contribution in [3.05, 3.63) is 78.9 Å². The molecule has 4 heteroatoms. The zero-order valence-corrected chi connectivity index (χ0v) is 14.2. The van der Waals surface area contributed by atoms with E-state index in [1.165, 1.54) is 0 Å². The van der Waals surface area contributed by atoms with E-state index in [-0.39, 0.29) is 0 Å². The van der Waals surface area contributed by atoms with Gasteiger partial charge in [0.1, 0.15) is 17.2 Å². The molecule has 0 aliphatic heterocycles. The number of ether oxygens (including phenoxy) is 2. The molecule has 128 valence electrons. The first-order valence-electron chi connectivity index (χ1n) is 8.29. The van der Waals surface area contributed by atoms with Gasteiger partial charge in [-0.2, -0.15) is 0 Å². The van der Waals surface area contributed by atoms with Crippen LogP contribution in [-0.4, -0.2) is 20.2 Å². The molecule has 0 bridgehead atoms. The minimum absolute atomic E-state index is 0.794. The normalized spacial score (nSPS) is 10.1. The first kappa shape index (κ1) is 16.7. The smallest absolute Gasteiger partial charge is 0.141 e. The molecule has 4 nitrogen and oxygen atoms in total. The van der Waals surface area contributed by atoms with Crippen molar-refractivity contribution in [3.63, 3.8) is 0 Å². The number of hydrogen-bond acceptors (Lipinski definition) is 4. The summed E-state index contributed by atoms with van der Waals surface area (Å²) in [4.78, 5) is 0. The quantitative estimate of drug-likeness (QED) is 0.568. The van der Waals surface area contributed by atoms with Gasteiger partial charge in [-0.15, -0.1) is 0 Å². The van der Waals surface area contributed by atoms with Gasteiger partial charge in [-0.05, 0) is 48.5 Å². The molecule has 3 rings (SSSR count). The molecular weight excluding hydrogens is 312 g/mol. The van der Waals surface area contributed by atoms with E-state index in [1.807, 2.05) is 78.9 Å². The third-order valence-corrected chi connectivity index (χ3v) is 3.71. The van der Waals surface area contributed by atoms with Crippen LogP contribution in [0.3, 0.4) is 0 Å². The maximum absolute atomic E-state index is 5.79. The monoisotopic (exact) mass is 334 g/mol. The van der Waals surface area contributed by atoms with E-state index in [2.05, 4.69) is 10.6 Å². The Balaban J connectivity index is 1.46. The average molecular weight is 334 g/mol. The molecule has 0 aliphatic carbocycles. The van der Waals surface area contributed by atoms with Crippen molar-refractivity contribution >= 4 is 11.4 Å². The van der Waals surface area contributed by atoms with Crippen molar-refractivity contribution < 1.29 is 9.47 Å². The Hall–Kier alpha value is -3.14. The van der Waals surface area contributed by atoms with Crippen LogP contribution in [-0.2, 0) is 0 Å². The van der Waals surface area contributed by atoms with Crippen LogP contribution in [0, 0.1) is 0 Å². The third kappa shape index (κ3) is 4.91. The fourth-order valence-corrected chi connectivity index (χ4v) is 2.46. The van der Waals surface area contributed by atoms with Crippen LogP contribution in [0.15, 0.2) is 78.9 Å². The van der Waals surface area contributed by atoms with Crippen molar-refractivity contribution in [1.29, 1.82) is 0 Å². The van der Waals surface area contributed by atoms with E-state index in [1.54, 1.807) is 7.11 Å². The Labute approximate surface area is 148 Å². The first-order chi connectivity index (χ1) is 12.3. The van der Waals surface area contributed by atoms with Crippen molar-refractivity contribution in [2.24, 2.45) is 0 Å². The van der Waals surface area contributed by atoms with Gasteiger partial charge in [0.2, 0.25) is 0 Å². The summed E-state index contributed by atoms with van der Waals surface area (Å²) in [5.74, 6) is 2.51. The van der Waals surface area contributed by atoms with E-state index in [9.17, 15) is 0 Å². The number of rotatable bonds is 8. The van der Waals surface area contributed by atoms with Gasteiger partial charge in [0, 0.05) is 18.8 Å². The number of methoxy groups -OCH3 is 1. The van der Waals surface area contributed by atoms with Crippen molar-refractivity contribution in [1.82, 2.24) is 0 Å². The maximum Gasteiger partial charge on any atom is 0.141 e. The molecule has 0 aliphatic rings. The van der Waals surface area contributed by atoms with Crippen LogP contribution >= 0.6 is 0 Å². The molecule has 0 atom stereocenters. The van der Waals surface area contributed by atoms with Gasteiger partial charge < -0.3 is 20.1 Å². The van der Waals surface area contributed by atoms with Crippen LogP contribution in [0.4, 0.5) is 11.4 Å². The molecule has 0 unspecified atom stereocenters. The molecule has 0 heterocycles. The standard InChI is InChI=1S/C21H22N2O2/c1-24-21-10-6-5-9-20(21)23-16-15-22-17-11-13-19(14-12-17)25-18-7-3-2-4-8-18/h2-14,22-23H,15-16H2,1H3. The van der Waals surface area contributed by atoms with Crippen LogP contribution in [0.25, 0.3) is 0 Å².